The van der Waals surface area contributed by atoms with Crippen LogP contribution in [-0.2, 0) is 6.54 Å². The normalized spacial score (nSPS) is 14.5. The molecular formula is C23H21N8OS+. The van der Waals surface area contributed by atoms with Crippen molar-refractivity contribution in [3.63, 3.8) is 0 Å². The van der Waals surface area contributed by atoms with Crippen molar-refractivity contribution >= 4 is 22.9 Å². The Kier molecular flexibility index (Phi) is 4.37. The number of aryl methyl sites for hydroxylation is 2. The summed E-state index contributed by atoms with van der Waals surface area (Å²) in [6, 6.07) is 9.94. The van der Waals surface area contributed by atoms with Crippen molar-refractivity contribution in [3.8, 4) is 16.3 Å². The molecule has 10 heteroatoms. The van der Waals surface area contributed by atoms with Gasteiger partial charge in [-0.15, -0.1) is 16.4 Å². The largest absolute Gasteiger partial charge is 0.348 e. The first kappa shape index (κ1) is 19.7. The summed E-state index contributed by atoms with van der Waals surface area (Å²) in [6.07, 6.45) is 5.79. The molecular weight excluding hydrogens is 436 g/mol. The molecule has 1 aliphatic heterocycles. The highest BCUT2D eigenvalue weighted by atomic mass is 32.1. The van der Waals surface area contributed by atoms with Gasteiger partial charge in [0.05, 0.1) is 10.4 Å². The van der Waals surface area contributed by atoms with Gasteiger partial charge in [-0.3, -0.25) is 9.78 Å². The molecule has 1 atom stereocenters. The molecule has 1 N–H and O–H groups in total. The molecule has 0 aromatic carbocycles. The number of carbonyl (C=O) groups is 1. The van der Waals surface area contributed by atoms with Gasteiger partial charge in [-0.05, 0) is 61.0 Å². The second-order valence-corrected chi connectivity index (χ2v) is 9.54. The number of imidazole rings is 1. The lowest BCUT2D eigenvalue weighted by atomic mass is 10.2. The molecule has 5 aromatic heterocycles. The molecule has 6 rings (SSSR count). The third-order valence-corrected chi connectivity index (χ3v) is 7.00. The van der Waals surface area contributed by atoms with Crippen LogP contribution < -0.4 is 9.88 Å². The standard InChI is InChI=1S/C23H20N8OS/c1-13-4-6-16(9-24-13)10-25-22(32)17-8-18-23-29(15(3)21-26-27-28-31(18)21)12-19(30(23)11-17)20-7-5-14(2)33-20/h4-9,11-12,15H,10H2,1-3H3/p+1. The molecule has 0 saturated heterocycles. The van der Waals surface area contributed by atoms with E-state index in [2.05, 4.69) is 67.0 Å². The van der Waals surface area contributed by atoms with Crippen LogP contribution in [0.3, 0.4) is 0 Å². The van der Waals surface area contributed by atoms with Gasteiger partial charge < -0.3 is 5.32 Å². The van der Waals surface area contributed by atoms with Crippen LogP contribution in [0.25, 0.3) is 21.9 Å². The predicted molar refractivity (Wildman–Crippen MR) is 122 cm³/mol. The van der Waals surface area contributed by atoms with Gasteiger partial charge in [-0.2, -0.15) is 9.08 Å². The quantitative estimate of drug-likeness (QED) is 0.419. The van der Waals surface area contributed by atoms with Crippen LogP contribution in [0, 0.1) is 13.8 Å². The van der Waals surface area contributed by atoms with E-state index in [0.717, 1.165) is 39.0 Å². The third kappa shape index (κ3) is 3.13. The molecule has 0 saturated carbocycles. The summed E-state index contributed by atoms with van der Waals surface area (Å²) in [4.78, 5) is 19.8. The molecule has 33 heavy (non-hydrogen) atoms. The fraction of sp³-hybridized carbons (Fsp3) is 0.217. The van der Waals surface area contributed by atoms with Crippen molar-refractivity contribution in [1.29, 1.82) is 0 Å². The zero-order chi connectivity index (χ0) is 22.7. The highest BCUT2D eigenvalue weighted by Crippen LogP contribution is 2.33. The van der Waals surface area contributed by atoms with Crippen molar-refractivity contribution < 1.29 is 9.36 Å². The number of carbonyl (C=O) groups excluding carboxylic acids is 1. The summed E-state index contributed by atoms with van der Waals surface area (Å²) in [5.41, 5.74) is 5.16. The Balaban J connectivity index is 1.47. The van der Waals surface area contributed by atoms with E-state index in [1.165, 1.54) is 4.88 Å². The number of hydrogen-bond acceptors (Lipinski definition) is 6. The van der Waals surface area contributed by atoms with Crippen LogP contribution in [0.2, 0.25) is 0 Å². The van der Waals surface area contributed by atoms with Crippen LogP contribution in [0.4, 0.5) is 0 Å². The minimum Gasteiger partial charge on any atom is -0.348 e. The summed E-state index contributed by atoms with van der Waals surface area (Å²) in [5.74, 6) is 0.563. The van der Waals surface area contributed by atoms with Crippen LogP contribution >= 0.6 is 11.3 Å². The van der Waals surface area contributed by atoms with E-state index in [-0.39, 0.29) is 11.9 Å². The number of thiophene rings is 1. The number of aromatic nitrogens is 7. The molecule has 0 spiro atoms. The number of amides is 1. The molecule has 6 heterocycles. The molecule has 5 aromatic rings. The Morgan fingerprint density at radius 2 is 2.12 bits per heavy atom. The number of hydrogen-bond donors (Lipinski definition) is 1. The summed E-state index contributed by atoms with van der Waals surface area (Å²) < 4.78 is 5.97. The van der Waals surface area contributed by atoms with Crippen molar-refractivity contribution in [2.45, 2.75) is 33.4 Å². The van der Waals surface area contributed by atoms with Crippen LogP contribution in [0.15, 0.2) is 48.9 Å². The fourth-order valence-electron chi connectivity index (χ4n) is 4.24. The minimum atomic E-state index is -0.171. The second kappa shape index (κ2) is 7.31. The smallest absolute Gasteiger partial charge is 0.313 e. The van der Waals surface area contributed by atoms with Crippen molar-refractivity contribution in [1.82, 2.24) is 34.9 Å². The predicted octanol–water partition coefficient (Wildman–Crippen LogP) is 2.80. The summed E-state index contributed by atoms with van der Waals surface area (Å²) in [6.45, 7) is 6.50. The second-order valence-electron chi connectivity index (χ2n) is 8.25. The number of tetrazole rings is 1. The lowest BCUT2D eigenvalue weighted by molar-refractivity contribution is -0.687. The molecule has 0 bridgehead atoms. The number of nitrogens with one attached hydrogen (secondary N) is 1. The average molecular weight is 458 g/mol. The summed E-state index contributed by atoms with van der Waals surface area (Å²) in [7, 11) is 0. The maximum Gasteiger partial charge on any atom is 0.313 e. The van der Waals surface area contributed by atoms with Gasteiger partial charge in [0.1, 0.15) is 12.4 Å². The molecule has 1 amide bonds. The van der Waals surface area contributed by atoms with E-state index in [0.29, 0.717) is 12.1 Å². The molecule has 9 nitrogen and oxygen atoms in total. The van der Waals surface area contributed by atoms with Gasteiger partial charge in [0.15, 0.2) is 17.4 Å². The first-order valence-corrected chi connectivity index (χ1v) is 11.5. The molecule has 0 aliphatic carbocycles. The van der Waals surface area contributed by atoms with Crippen molar-refractivity contribution in [3.05, 3.63) is 76.4 Å². The minimum absolute atomic E-state index is 0.0361. The van der Waals surface area contributed by atoms with Crippen LogP contribution in [-0.4, -0.2) is 35.5 Å². The Morgan fingerprint density at radius 1 is 1.24 bits per heavy atom. The van der Waals surface area contributed by atoms with Crippen LogP contribution in [0.1, 0.15) is 45.3 Å². The third-order valence-electron chi connectivity index (χ3n) is 5.98. The molecule has 1 unspecified atom stereocenters. The molecule has 0 radical (unpaired) electrons. The molecule has 0 fully saturated rings. The van der Waals surface area contributed by atoms with Crippen molar-refractivity contribution in [2.75, 3.05) is 0 Å². The van der Waals surface area contributed by atoms with E-state index in [9.17, 15) is 4.79 Å². The zero-order valence-electron chi connectivity index (χ0n) is 18.4. The first-order valence-electron chi connectivity index (χ1n) is 10.6. The fourth-order valence-corrected chi connectivity index (χ4v) is 5.11. The lowest BCUT2D eigenvalue weighted by Gasteiger charge is -2.16. The highest BCUT2D eigenvalue weighted by molar-refractivity contribution is 7.15. The van der Waals surface area contributed by atoms with E-state index in [4.69, 9.17) is 0 Å². The van der Waals surface area contributed by atoms with E-state index < -0.39 is 0 Å². The van der Waals surface area contributed by atoms with E-state index in [1.54, 1.807) is 22.2 Å². The monoisotopic (exact) mass is 457 g/mol. The van der Waals surface area contributed by atoms with Gasteiger partial charge in [-0.1, -0.05) is 6.07 Å². The Labute approximate surface area is 193 Å². The maximum atomic E-state index is 13.2. The number of nitrogens with zero attached hydrogens (tertiary/aromatic N) is 7. The SMILES string of the molecule is Cc1ccc(CNC(=O)c2cc3c4n(c2)c(-c2ccc(C)s2)c[n+]4C(C)c2nnnn2-3)cn1. The Hall–Kier alpha value is -3.92. The van der Waals surface area contributed by atoms with Crippen LogP contribution in [0.5, 0.6) is 0 Å². The zero-order valence-corrected chi connectivity index (χ0v) is 19.2. The first-order chi connectivity index (χ1) is 16.0. The van der Waals surface area contributed by atoms with Gasteiger partial charge in [0, 0.05) is 23.3 Å². The Bertz CT molecular complexity index is 1530. The van der Waals surface area contributed by atoms with Gasteiger partial charge in [-0.25, -0.2) is 4.57 Å². The summed E-state index contributed by atoms with van der Waals surface area (Å²) in [5, 5.41) is 15.3. The lowest BCUT2D eigenvalue weighted by Crippen LogP contribution is -2.42. The topological polar surface area (TPSA) is 93.9 Å². The van der Waals surface area contributed by atoms with Gasteiger partial charge >= 0.3 is 5.65 Å². The molecule has 1 aliphatic rings. The average Bonchev–Trinajstić information content (AvgIpc) is 3.55. The maximum absolute atomic E-state index is 13.2. The van der Waals surface area contributed by atoms with Gasteiger partial charge in [0.2, 0.25) is 5.82 Å². The summed E-state index contributed by atoms with van der Waals surface area (Å²) >= 11 is 1.72. The van der Waals surface area contributed by atoms with Gasteiger partial charge in [0.25, 0.3) is 5.91 Å². The van der Waals surface area contributed by atoms with Crippen molar-refractivity contribution in [2.24, 2.45) is 0 Å². The number of fused-ring (bicyclic) bond motifs is 2. The molecule has 164 valence electrons. The Morgan fingerprint density at radius 3 is 2.88 bits per heavy atom. The highest BCUT2D eigenvalue weighted by Gasteiger charge is 2.36. The van der Waals surface area contributed by atoms with E-state index in [1.807, 2.05) is 31.3 Å². The number of rotatable bonds is 4. The number of pyridine rings is 2. The van der Waals surface area contributed by atoms with E-state index >= 15 is 0 Å².